The van der Waals surface area contributed by atoms with Crippen molar-refractivity contribution in [2.75, 3.05) is 19.8 Å². The van der Waals surface area contributed by atoms with Crippen molar-refractivity contribution in [3.63, 3.8) is 0 Å². The van der Waals surface area contributed by atoms with Crippen molar-refractivity contribution >= 4 is 12.0 Å². The number of halogens is 1. The number of nitrogens with one attached hydrogen (secondary N) is 2. The van der Waals surface area contributed by atoms with Crippen LogP contribution in [0.5, 0.6) is 0 Å². The molecule has 2 amide bonds. The quantitative estimate of drug-likeness (QED) is 0.800. The number of benzene rings is 1. The van der Waals surface area contributed by atoms with Crippen LogP contribution in [0.1, 0.15) is 53.9 Å². The van der Waals surface area contributed by atoms with Gasteiger partial charge in [0.1, 0.15) is 5.82 Å². The number of amides is 2. The largest absolute Gasteiger partial charge is 0.449 e. The number of carbonyl (C=O) groups excluding carboxylic acids is 2. The normalized spacial score (nSPS) is 24.9. The summed E-state index contributed by atoms with van der Waals surface area (Å²) < 4.78 is 24.6. The highest BCUT2D eigenvalue weighted by Gasteiger charge is 2.40. The standard InChI is InChI=1S/C20H25FN2O4/c21-17-4-3-13(9-16(17)19(24)22-14-5-7-26-8-6-14)15-10-18(15)23-20(25)27-11-12-1-2-12/h3-4,9,12,14-15,18H,1-2,5-8,10-11H2,(H,22,24)(H,23,25)/t15-,18+/m0/s1. The predicted octanol–water partition coefficient (Wildman–Crippen LogP) is 2.73. The van der Waals surface area contributed by atoms with E-state index in [1.54, 1.807) is 12.1 Å². The number of hydrogen-bond donors (Lipinski definition) is 2. The van der Waals surface area contributed by atoms with Gasteiger partial charge < -0.3 is 20.1 Å². The van der Waals surface area contributed by atoms with Gasteiger partial charge in [-0.15, -0.1) is 0 Å². The van der Waals surface area contributed by atoms with E-state index < -0.39 is 17.8 Å². The fourth-order valence-corrected chi connectivity index (χ4v) is 3.45. The van der Waals surface area contributed by atoms with Crippen LogP contribution in [0, 0.1) is 11.7 Å². The van der Waals surface area contributed by atoms with Crippen LogP contribution in [-0.2, 0) is 9.47 Å². The SMILES string of the molecule is O=C(N[C@@H]1C[C@H]1c1ccc(F)c(C(=O)NC2CCOCC2)c1)OCC1CC1. The minimum atomic E-state index is -0.530. The first-order chi connectivity index (χ1) is 13.1. The van der Waals surface area contributed by atoms with Crippen LogP contribution in [0.3, 0.4) is 0 Å². The monoisotopic (exact) mass is 376 g/mol. The Bertz CT molecular complexity index is 716. The number of alkyl carbamates (subject to hydrolysis) is 1. The topological polar surface area (TPSA) is 76.7 Å². The third-order valence-corrected chi connectivity index (χ3v) is 5.46. The van der Waals surface area contributed by atoms with E-state index in [2.05, 4.69) is 10.6 Å². The van der Waals surface area contributed by atoms with Crippen LogP contribution in [0.25, 0.3) is 0 Å². The lowest BCUT2D eigenvalue weighted by Gasteiger charge is -2.23. The van der Waals surface area contributed by atoms with Crippen molar-refractivity contribution < 1.29 is 23.5 Å². The van der Waals surface area contributed by atoms with Gasteiger partial charge in [0.2, 0.25) is 0 Å². The number of hydrogen-bond acceptors (Lipinski definition) is 4. The van der Waals surface area contributed by atoms with Crippen LogP contribution in [0.2, 0.25) is 0 Å². The lowest BCUT2D eigenvalue weighted by molar-refractivity contribution is 0.0694. The van der Waals surface area contributed by atoms with Gasteiger partial charge >= 0.3 is 6.09 Å². The van der Waals surface area contributed by atoms with Gasteiger partial charge in [-0.1, -0.05) is 6.07 Å². The Morgan fingerprint density at radius 3 is 2.67 bits per heavy atom. The Morgan fingerprint density at radius 1 is 1.15 bits per heavy atom. The summed E-state index contributed by atoms with van der Waals surface area (Å²) in [5.41, 5.74) is 0.918. The van der Waals surface area contributed by atoms with Crippen LogP contribution in [0.4, 0.5) is 9.18 Å². The second-order valence-electron chi connectivity index (χ2n) is 7.73. The maximum atomic E-state index is 14.2. The molecular weight excluding hydrogens is 351 g/mol. The minimum absolute atomic E-state index is 0.0193. The van der Waals surface area contributed by atoms with Crippen LogP contribution >= 0.6 is 0 Å². The molecule has 146 valence electrons. The molecule has 3 fully saturated rings. The van der Waals surface area contributed by atoms with E-state index in [0.717, 1.165) is 37.7 Å². The molecule has 1 aromatic rings. The fourth-order valence-electron chi connectivity index (χ4n) is 3.45. The van der Waals surface area contributed by atoms with E-state index in [9.17, 15) is 14.0 Å². The number of rotatable bonds is 6. The summed E-state index contributed by atoms with van der Waals surface area (Å²) in [7, 11) is 0. The van der Waals surface area contributed by atoms with Gasteiger partial charge in [-0.2, -0.15) is 0 Å². The molecule has 2 aliphatic carbocycles. The second-order valence-corrected chi connectivity index (χ2v) is 7.73. The number of ether oxygens (including phenoxy) is 2. The molecule has 27 heavy (non-hydrogen) atoms. The molecule has 1 heterocycles. The van der Waals surface area contributed by atoms with E-state index in [-0.39, 0.29) is 23.6 Å². The smallest absolute Gasteiger partial charge is 0.407 e. The molecule has 1 aliphatic heterocycles. The van der Waals surface area contributed by atoms with E-state index in [1.165, 1.54) is 6.07 Å². The maximum absolute atomic E-state index is 14.2. The highest BCUT2D eigenvalue weighted by molar-refractivity contribution is 5.95. The van der Waals surface area contributed by atoms with Crippen molar-refractivity contribution in [1.82, 2.24) is 10.6 Å². The third-order valence-electron chi connectivity index (χ3n) is 5.46. The molecule has 3 aliphatic rings. The van der Waals surface area contributed by atoms with Gasteiger partial charge in [-0.05, 0) is 55.7 Å². The van der Waals surface area contributed by atoms with Gasteiger partial charge in [0.15, 0.2) is 0 Å². The summed E-state index contributed by atoms with van der Waals surface area (Å²) >= 11 is 0. The molecule has 7 heteroatoms. The van der Waals surface area contributed by atoms with E-state index in [4.69, 9.17) is 9.47 Å². The zero-order valence-corrected chi connectivity index (χ0v) is 15.2. The molecule has 1 aromatic carbocycles. The first kappa shape index (κ1) is 18.2. The molecule has 2 saturated carbocycles. The van der Waals surface area contributed by atoms with Crippen molar-refractivity contribution in [2.24, 2.45) is 5.92 Å². The van der Waals surface area contributed by atoms with Crippen LogP contribution in [-0.4, -0.2) is 43.9 Å². The highest BCUT2D eigenvalue weighted by Crippen LogP contribution is 2.41. The van der Waals surface area contributed by atoms with Crippen molar-refractivity contribution in [3.05, 3.63) is 35.1 Å². The zero-order chi connectivity index (χ0) is 18.8. The van der Waals surface area contributed by atoms with Crippen LogP contribution < -0.4 is 10.6 Å². The average molecular weight is 376 g/mol. The molecule has 1 saturated heterocycles. The van der Waals surface area contributed by atoms with Gasteiger partial charge in [-0.3, -0.25) is 4.79 Å². The van der Waals surface area contributed by atoms with E-state index in [1.807, 2.05) is 0 Å². The molecule has 6 nitrogen and oxygen atoms in total. The summed E-state index contributed by atoms with van der Waals surface area (Å²) in [4.78, 5) is 24.2. The minimum Gasteiger partial charge on any atom is -0.449 e. The van der Waals surface area contributed by atoms with Gasteiger partial charge in [0, 0.05) is 31.2 Å². The van der Waals surface area contributed by atoms with Crippen molar-refractivity contribution in [1.29, 1.82) is 0 Å². The summed E-state index contributed by atoms with van der Waals surface area (Å²) in [5.74, 6) is -0.305. The van der Waals surface area contributed by atoms with E-state index in [0.29, 0.717) is 25.7 Å². The predicted molar refractivity (Wildman–Crippen MR) is 96.1 cm³/mol. The third kappa shape index (κ3) is 4.77. The van der Waals surface area contributed by atoms with Crippen molar-refractivity contribution in [2.45, 2.75) is 50.1 Å². The Morgan fingerprint density at radius 2 is 1.93 bits per heavy atom. The molecule has 2 atom stereocenters. The van der Waals surface area contributed by atoms with E-state index >= 15 is 0 Å². The molecule has 0 spiro atoms. The van der Waals surface area contributed by atoms with Gasteiger partial charge in [0.05, 0.1) is 12.2 Å². The maximum Gasteiger partial charge on any atom is 0.407 e. The fraction of sp³-hybridized carbons (Fsp3) is 0.600. The Hall–Kier alpha value is -2.15. The lowest BCUT2D eigenvalue weighted by Crippen LogP contribution is -2.39. The average Bonchev–Trinajstić information content (AvgIpc) is 3.57. The molecule has 0 aromatic heterocycles. The molecule has 0 bridgehead atoms. The first-order valence-electron chi connectivity index (χ1n) is 9.71. The van der Waals surface area contributed by atoms with Gasteiger partial charge in [-0.25, -0.2) is 9.18 Å². The number of carbonyl (C=O) groups is 2. The molecule has 0 radical (unpaired) electrons. The first-order valence-corrected chi connectivity index (χ1v) is 9.71. The Balaban J connectivity index is 1.33. The summed E-state index contributed by atoms with van der Waals surface area (Å²) in [6.07, 6.45) is 4.12. The molecule has 2 N–H and O–H groups in total. The van der Waals surface area contributed by atoms with Crippen LogP contribution in [0.15, 0.2) is 18.2 Å². The second kappa shape index (κ2) is 7.84. The van der Waals surface area contributed by atoms with Crippen molar-refractivity contribution in [3.8, 4) is 0 Å². The highest BCUT2D eigenvalue weighted by atomic mass is 19.1. The lowest BCUT2D eigenvalue weighted by atomic mass is 10.0. The summed E-state index contributed by atoms with van der Waals surface area (Å²) in [5, 5.41) is 5.74. The molecule has 4 rings (SSSR count). The zero-order valence-electron chi connectivity index (χ0n) is 15.2. The Labute approximate surface area is 157 Å². The molecular formula is C20H25FN2O4. The Kier molecular flexibility index (Phi) is 5.29. The summed E-state index contributed by atoms with van der Waals surface area (Å²) in [6.45, 7) is 1.70. The molecule has 0 unspecified atom stereocenters. The van der Waals surface area contributed by atoms with Gasteiger partial charge in [0.25, 0.3) is 5.91 Å². The summed E-state index contributed by atoms with van der Waals surface area (Å²) in [6, 6.07) is 4.61.